The summed E-state index contributed by atoms with van der Waals surface area (Å²) in [5.41, 5.74) is 3.25. The number of hydrogen-bond acceptors (Lipinski definition) is 3. The second kappa shape index (κ2) is 5.42. The number of halogens is 3. The second-order valence-electron chi connectivity index (χ2n) is 4.39. The summed E-state index contributed by atoms with van der Waals surface area (Å²) in [4.78, 5) is 9.62. The van der Waals surface area contributed by atoms with Gasteiger partial charge in [0.25, 0.3) is 0 Å². The van der Waals surface area contributed by atoms with Crippen LogP contribution < -0.4 is 0 Å². The number of nitrogens with zero attached hydrogens (tertiary/aromatic N) is 3. The van der Waals surface area contributed by atoms with Gasteiger partial charge in [0.05, 0.1) is 32.9 Å². The minimum atomic E-state index is -0.325. The number of hydrogen-bond donors (Lipinski definition) is 0. The third-order valence-corrected chi connectivity index (χ3v) is 4.54. The van der Waals surface area contributed by atoms with Crippen molar-refractivity contribution in [2.24, 2.45) is 0 Å². The van der Waals surface area contributed by atoms with E-state index in [0.29, 0.717) is 16.5 Å². The van der Waals surface area contributed by atoms with Gasteiger partial charge in [-0.3, -0.25) is 4.98 Å². The SMILES string of the molecule is CC(Cl)c1nc2cc(F)c(Br)cc2n1Cc1cncs1. The molecule has 0 bridgehead atoms. The van der Waals surface area contributed by atoms with E-state index in [0.717, 1.165) is 16.2 Å². The van der Waals surface area contributed by atoms with Gasteiger partial charge in [-0.15, -0.1) is 22.9 Å². The summed E-state index contributed by atoms with van der Waals surface area (Å²) in [6.07, 6.45) is 1.82. The number of benzene rings is 1. The molecule has 1 aromatic carbocycles. The normalized spacial score (nSPS) is 13.0. The molecule has 7 heteroatoms. The van der Waals surface area contributed by atoms with Gasteiger partial charge in [-0.05, 0) is 28.9 Å². The fourth-order valence-corrected chi connectivity index (χ4v) is 3.17. The Bertz CT molecular complexity index is 755. The van der Waals surface area contributed by atoms with Gasteiger partial charge < -0.3 is 4.57 Å². The first-order valence-electron chi connectivity index (χ1n) is 5.93. The maximum absolute atomic E-state index is 13.6. The van der Waals surface area contributed by atoms with Crippen LogP contribution in [0.5, 0.6) is 0 Å². The number of imidazole rings is 1. The standard InChI is InChI=1S/C13H10BrClFN3S/c1-7(15)13-18-11-3-10(16)9(14)2-12(11)19(13)5-8-4-17-6-20-8/h2-4,6-7H,5H2,1H3. The van der Waals surface area contributed by atoms with E-state index in [-0.39, 0.29) is 11.2 Å². The molecular weight excluding hydrogens is 365 g/mol. The number of thiazole rings is 1. The third-order valence-electron chi connectivity index (χ3n) is 2.97. The molecule has 1 atom stereocenters. The van der Waals surface area contributed by atoms with Crippen molar-refractivity contribution in [1.29, 1.82) is 0 Å². The Labute approximate surface area is 132 Å². The highest BCUT2D eigenvalue weighted by atomic mass is 79.9. The molecule has 3 rings (SSSR count). The Morgan fingerprint density at radius 3 is 2.95 bits per heavy atom. The van der Waals surface area contributed by atoms with Crippen molar-refractivity contribution >= 4 is 49.9 Å². The summed E-state index contributed by atoms with van der Waals surface area (Å²) in [6.45, 7) is 2.49. The molecule has 0 aliphatic carbocycles. The first kappa shape index (κ1) is 14.0. The van der Waals surface area contributed by atoms with E-state index < -0.39 is 0 Å². The molecule has 2 aromatic heterocycles. The first-order chi connectivity index (χ1) is 9.56. The van der Waals surface area contributed by atoms with Crippen LogP contribution in [-0.4, -0.2) is 14.5 Å². The predicted molar refractivity (Wildman–Crippen MR) is 82.9 cm³/mol. The fraction of sp³-hybridized carbons (Fsp3) is 0.231. The summed E-state index contributed by atoms with van der Waals surface area (Å²) in [6, 6.07) is 3.16. The molecule has 0 aliphatic rings. The van der Waals surface area contributed by atoms with Crippen molar-refractivity contribution in [1.82, 2.24) is 14.5 Å². The number of aromatic nitrogens is 3. The molecule has 3 nitrogen and oxygen atoms in total. The molecule has 0 spiro atoms. The van der Waals surface area contributed by atoms with E-state index in [1.807, 2.05) is 17.7 Å². The van der Waals surface area contributed by atoms with Crippen molar-refractivity contribution in [2.75, 3.05) is 0 Å². The molecule has 0 aliphatic heterocycles. The molecule has 104 valence electrons. The van der Waals surface area contributed by atoms with Crippen LogP contribution in [-0.2, 0) is 6.54 Å². The largest absolute Gasteiger partial charge is 0.321 e. The van der Waals surface area contributed by atoms with Gasteiger partial charge in [0.15, 0.2) is 0 Å². The van der Waals surface area contributed by atoms with E-state index in [1.165, 1.54) is 6.07 Å². The van der Waals surface area contributed by atoms with Gasteiger partial charge in [0.2, 0.25) is 0 Å². The quantitative estimate of drug-likeness (QED) is 0.620. The van der Waals surface area contributed by atoms with Crippen molar-refractivity contribution in [3.8, 4) is 0 Å². The predicted octanol–water partition coefficient (Wildman–Crippen LogP) is 4.74. The highest BCUT2D eigenvalue weighted by molar-refractivity contribution is 9.10. The average molecular weight is 375 g/mol. The zero-order chi connectivity index (χ0) is 14.3. The van der Waals surface area contributed by atoms with Crippen LogP contribution in [0, 0.1) is 5.82 Å². The van der Waals surface area contributed by atoms with E-state index in [1.54, 1.807) is 22.9 Å². The summed E-state index contributed by atoms with van der Waals surface area (Å²) in [5.74, 6) is 0.404. The fourth-order valence-electron chi connectivity index (χ4n) is 2.08. The van der Waals surface area contributed by atoms with Gasteiger partial charge in [0.1, 0.15) is 11.6 Å². The van der Waals surface area contributed by atoms with Crippen molar-refractivity contribution in [3.63, 3.8) is 0 Å². The molecule has 0 fully saturated rings. The van der Waals surface area contributed by atoms with Crippen LogP contribution in [0.3, 0.4) is 0 Å². The topological polar surface area (TPSA) is 30.7 Å². The van der Waals surface area contributed by atoms with Crippen molar-refractivity contribution < 1.29 is 4.39 Å². The van der Waals surface area contributed by atoms with Gasteiger partial charge >= 0.3 is 0 Å². The summed E-state index contributed by atoms with van der Waals surface area (Å²) >= 11 is 11.0. The molecule has 0 saturated heterocycles. The van der Waals surface area contributed by atoms with E-state index in [4.69, 9.17) is 11.6 Å². The second-order valence-corrected chi connectivity index (χ2v) is 6.87. The Hall–Kier alpha value is -0.980. The first-order valence-corrected chi connectivity index (χ1v) is 8.04. The Balaban J connectivity index is 2.20. The molecule has 0 N–H and O–H groups in total. The van der Waals surface area contributed by atoms with E-state index in [2.05, 4.69) is 25.9 Å². The van der Waals surface area contributed by atoms with Gasteiger partial charge in [0, 0.05) is 17.1 Å². The van der Waals surface area contributed by atoms with Crippen LogP contribution in [0.15, 0.2) is 28.3 Å². The molecule has 0 amide bonds. The Kier molecular flexibility index (Phi) is 3.79. The molecule has 2 heterocycles. The third kappa shape index (κ3) is 2.47. The lowest BCUT2D eigenvalue weighted by Gasteiger charge is -2.09. The highest BCUT2D eigenvalue weighted by Gasteiger charge is 2.17. The van der Waals surface area contributed by atoms with Gasteiger partial charge in [-0.1, -0.05) is 0 Å². The molecule has 20 heavy (non-hydrogen) atoms. The number of rotatable bonds is 3. The van der Waals surface area contributed by atoms with Crippen molar-refractivity contribution in [2.45, 2.75) is 18.8 Å². The van der Waals surface area contributed by atoms with E-state index in [9.17, 15) is 4.39 Å². The van der Waals surface area contributed by atoms with Crippen LogP contribution in [0.25, 0.3) is 11.0 Å². The smallest absolute Gasteiger partial charge is 0.139 e. The van der Waals surface area contributed by atoms with Crippen LogP contribution in [0.2, 0.25) is 0 Å². The van der Waals surface area contributed by atoms with Crippen LogP contribution in [0.4, 0.5) is 4.39 Å². The zero-order valence-corrected chi connectivity index (χ0v) is 13.6. The average Bonchev–Trinajstić information content (AvgIpc) is 3.00. The maximum atomic E-state index is 13.6. The van der Waals surface area contributed by atoms with Gasteiger partial charge in [-0.2, -0.15) is 0 Å². The monoisotopic (exact) mass is 373 g/mol. The minimum absolute atomic E-state index is 0.253. The van der Waals surface area contributed by atoms with Crippen LogP contribution >= 0.6 is 38.9 Å². The maximum Gasteiger partial charge on any atom is 0.139 e. The van der Waals surface area contributed by atoms with Crippen molar-refractivity contribution in [3.05, 3.63) is 44.8 Å². The molecule has 3 aromatic rings. The molecule has 0 saturated carbocycles. The van der Waals surface area contributed by atoms with E-state index >= 15 is 0 Å². The zero-order valence-electron chi connectivity index (χ0n) is 10.5. The number of alkyl halides is 1. The number of fused-ring (bicyclic) bond motifs is 1. The Morgan fingerprint density at radius 2 is 2.30 bits per heavy atom. The molecular formula is C13H10BrClFN3S. The molecule has 1 unspecified atom stereocenters. The summed E-state index contributed by atoms with van der Waals surface area (Å²) < 4.78 is 16.1. The highest BCUT2D eigenvalue weighted by Crippen LogP contribution is 2.29. The van der Waals surface area contributed by atoms with Gasteiger partial charge in [-0.25, -0.2) is 9.37 Å². The Morgan fingerprint density at radius 1 is 1.50 bits per heavy atom. The lowest BCUT2D eigenvalue weighted by Crippen LogP contribution is -2.04. The minimum Gasteiger partial charge on any atom is -0.321 e. The summed E-state index contributed by atoms with van der Waals surface area (Å²) in [5, 5.41) is -0.253. The van der Waals surface area contributed by atoms with Crippen LogP contribution in [0.1, 0.15) is 23.0 Å². The lowest BCUT2D eigenvalue weighted by molar-refractivity contribution is 0.622. The summed E-state index contributed by atoms with van der Waals surface area (Å²) in [7, 11) is 0. The lowest BCUT2D eigenvalue weighted by atomic mass is 10.3. The molecule has 0 radical (unpaired) electrons.